The van der Waals surface area contributed by atoms with Gasteiger partial charge < -0.3 is 4.90 Å². The quantitative estimate of drug-likeness (QED) is 0.527. The first-order chi connectivity index (χ1) is 11.1. The molecule has 2 rings (SSSR count). The lowest BCUT2D eigenvalue weighted by Crippen LogP contribution is -2.24. The molecule has 1 unspecified atom stereocenters. The van der Waals surface area contributed by atoms with Crippen LogP contribution in [0.5, 0.6) is 0 Å². The summed E-state index contributed by atoms with van der Waals surface area (Å²) in [5.74, 6) is 1.14. The summed E-state index contributed by atoms with van der Waals surface area (Å²) < 4.78 is 1.15. The Morgan fingerprint density at radius 1 is 1.26 bits per heavy atom. The SMILES string of the molecule is C=C(C(c1cccc(Br)c1)C1CCCCC1)N(C)/C=C\C.CC. The molecule has 0 saturated heterocycles. The zero-order valence-electron chi connectivity index (χ0n) is 15.2. The third kappa shape index (κ3) is 5.84. The van der Waals surface area contributed by atoms with E-state index in [9.17, 15) is 0 Å². The fraction of sp³-hybridized carbons (Fsp3) is 0.524. The van der Waals surface area contributed by atoms with Gasteiger partial charge in [0.15, 0.2) is 0 Å². The molecule has 1 aromatic carbocycles. The molecule has 23 heavy (non-hydrogen) atoms. The molecule has 1 fully saturated rings. The summed E-state index contributed by atoms with van der Waals surface area (Å²) in [5.41, 5.74) is 2.59. The molecule has 0 spiro atoms. The number of rotatable bonds is 5. The van der Waals surface area contributed by atoms with Crippen LogP contribution < -0.4 is 0 Å². The molecule has 0 heterocycles. The van der Waals surface area contributed by atoms with E-state index in [0.29, 0.717) is 11.8 Å². The van der Waals surface area contributed by atoms with Crippen LogP contribution in [0.1, 0.15) is 64.4 Å². The van der Waals surface area contributed by atoms with Crippen LogP contribution in [0, 0.1) is 5.92 Å². The van der Waals surface area contributed by atoms with Crippen molar-refractivity contribution in [1.29, 1.82) is 0 Å². The second-order valence-electron chi connectivity index (χ2n) is 6.02. The molecule has 1 aromatic rings. The Hall–Kier alpha value is -1.02. The van der Waals surface area contributed by atoms with E-state index in [0.717, 1.165) is 4.47 Å². The highest BCUT2D eigenvalue weighted by Crippen LogP contribution is 2.41. The fourth-order valence-corrected chi connectivity index (χ4v) is 3.86. The van der Waals surface area contributed by atoms with E-state index in [-0.39, 0.29) is 0 Å². The maximum atomic E-state index is 4.41. The number of nitrogens with zero attached hydrogens (tertiary/aromatic N) is 1. The van der Waals surface area contributed by atoms with Crippen molar-refractivity contribution in [2.75, 3.05) is 7.05 Å². The Labute approximate surface area is 151 Å². The second-order valence-corrected chi connectivity index (χ2v) is 6.93. The first-order valence-electron chi connectivity index (χ1n) is 8.93. The number of allylic oxidation sites excluding steroid dienone is 2. The topological polar surface area (TPSA) is 3.24 Å². The highest BCUT2D eigenvalue weighted by atomic mass is 79.9. The minimum Gasteiger partial charge on any atom is -0.355 e. The van der Waals surface area contributed by atoms with Gasteiger partial charge in [0.2, 0.25) is 0 Å². The van der Waals surface area contributed by atoms with Crippen molar-refractivity contribution in [2.24, 2.45) is 5.92 Å². The standard InChI is InChI=1S/C19H26BrN.C2H6/c1-4-13-21(3)15(2)19(16-9-6-5-7-10-16)17-11-8-12-18(20)14-17;1-2/h4,8,11-14,16,19H,2,5-7,9-10H2,1,3H3;1-2H3/b13-4-;. The summed E-state index contributed by atoms with van der Waals surface area (Å²) in [6.07, 6.45) is 10.9. The Morgan fingerprint density at radius 2 is 1.91 bits per heavy atom. The van der Waals surface area contributed by atoms with Crippen molar-refractivity contribution in [3.63, 3.8) is 0 Å². The first-order valence-corrected chi connectivity index (χ1v) is 9.72. The van der Waals surface area contributed by atoms with Crippen LogP contribution in [-0.4, -0.2) is 11.9 Å². The van der Waals surface area contributed by atoms with Gasteiger partial charge in [-0.05, 0) is 49.6 Å². The summed E-state index contributed by atoms with van der Waals surface area (Å²) in [6.45, 7) is 10.5. The van der Waals surface area contributed by atoms with Gasteiger partial charge in [0, 0.05) is 23.1 Å². The minimum atomic E-state index is 0.420. The van der Waals surface area contributed by atoms with Crippen molar-refractivity contribution in [2.45, 2.75) is 58.8 Å². The van der Waals surface area contributed by atoms with Gasteiger partial charge in [-0.3, -0.25) is 0 Å². The molecule has 1 nitrogen and oxygen atoms in total. The number of halogens is 1. The van der Waals surface area contributed by atoms with E-state index in [1.54, 1.807) is 0 Å². The van der Waals surface area contributed by atoms with E-state index in [4.69, 9.17) is 0 Å². The molecule has 1 aliphatic rings. The third-order valence-corrected chi connectivity index (χ3v) is 5.01. The van der Waals surface area contributed by atoms with E-state index in [1.807, 2.05) is 13.8 Å². The van der Waals surface area contributed by atoms with E-state index in [1.165, 1.54) is 43.4 Å². The maximum absolute atomic E-state index is 4.41. The molecular weight excluding hydrogens is 346 g/mol. The summed E-state index contributed by atoms with van der Waals surface area (Å²) in [6, 6.07) is 8.74. The van der Waals surface area contributed by atoms with Gasteiger partial charge in [-0.2, -0.15) is 0 Å². The molecule has 1 saturated carbocycles. The van der Waals surface area contributed by atoms with Crippen LogP contribution in [-0.2, 0) is 0 Å². The third-order valence-electron chi connectivity index (χ3n) is 4.51. The molecule has 0 aromatic heterocycles. The Bertz CT molecular complexity index is 500. The molecule has 0 radical (unpaired) electrons. The summed E-state index contributed by atoms with van der Waals surface area (Å²) in [7, 11) is 2.11. The summed E-state index contributed by atoms with van der Waals surface area (Å²) in [5, 5.41) is 0. The number of benzene rings is 1. The zero-order valence-corrected chi connectivity index (χ0v) is 16.8. The molecule has 0 aliphatic heterocycles. The van der Waals surface area contributed by atoms with E-state index in [2.05, 4.69) is 77.9 Å². The highest BCUT2D eigenvalue weighted by molar-refractivity contribution is 9.10. The maximum Gasteiger partial charge on any atom is 0.0265 e. The lowest BCUT2D eigenvalue weighted by atomic mass is 9.75. The van der Waals surface area contributed by atoms with Gasteiger partial charge in [-0.25, -0.2) is 0 Å². The predicted molar refractivity (Wildman–Crippen MR) is 107 cm³/mol. The smallest absolute Gasteiger partial charge is 0.0265 e. The van der Waals surface area contributed by atoms with Crippen molar-refractivity contribution in [3.05, 3.63) is 58.9 Å². The molecule has 128 valence electrons. The summed E-state index contributed by atoms with van der Waals surface area (Å²) in [4.78, 5) is 2.18. The number of likely N-dealkylation sites (N-methyl/N-ethyl adjacent to an activating group) is 1. The zero-order chi connectivity index (χ0) is 17.2. The van der Waals surface area contributed by atoms with Crippen LogP contribution in [0.2, 0.25) is 0 Å². The molecule has 1 aliphatic carbocycles. The highest BCUT2D eigenvalue weighted by Gasteiger charge is 2.28. The molecule has 0 bridgehead atoms. The van der Waals surface area contributed by atoms with Gasteiger partial charge in [0.05, 0.1) is 0 Å². The molecule has 2 heteroatoms. The van der Waals surface area contributed by atoms with Crippen LogP contribution in [0.25, 0.3) is 0 Å². The van der Waals surface area contributed by atoms with Gasteiger partial charge >= 0.3 is 0 Å². The Balaban J connectivity index is 0.00000127. The van der Waals surface area contributed by atoms with Gasteiger partial charge in [0.25, 0.3) is 0 Å². The molecule has 0 N–H and O–H groups in total. The van der Waals surface area contributed by atoms with Gasteiger partial charge in [-0.15, -0.1) is 0 Å². The average Bonchev–Trinajstić information content (AvgIpc) is 2.58. The van der Waals surface area contributed by atoms with Crippen LogP contribution in [0.15, 0.2) is 53.3 Å². The lowest BCUT2D eigenvalue weighted by Gasteiger charge is -2.35. The molecule has 0 amide bonds. The summed E-state index contributed by atoms with van der Waals surface area (Å²) >= 11 is 3.61. The second kappa shape index (κ2) is 10.7. The van der Waals surface area contributed by atoms with Crippen molar-refractivity contribution < 1.29 is 0 Å². The van der Waals surface area contributed by atoms with Gasteiger partial charge in [-0.1, -0.05) is 73.8 Å². The van der Waals surface area contributed by atoms with Gasteiger partial charge in [0.1, 0.15) is 0 Å². The largest absolute Gasteiger partial charge is 0.355 e. The lowest BCUT2D eigenvalue weighted by molar-refractivity contribution is 0.302. The fourth-order valence-electron chi connectivity index (χ4n) is 3.44. The Morgan fingerprint density at radius 3 is 2.48 bits per heavy atom. The average molecular weight is 378 g/mol. The number of hydrogen-bond acceptors (Lipinski definition) is 1. The monoisotopic (exact) mass is 377 g/mol. The molecular formula is C21H32BrN. The van der Waals surface area contributed by atoms with Crippen molar-refractivity contribution in [3.8, 4) is 0 Å². The Kier molecular flexibility index (Phi) is 9.31. The van der Waals surface area contributed by atoms with E-state index >= 15 is 0 Å². The first kappa shape index (κ1) is 20.0. The predicted octanol–water partition coefficient (Wildman–Crippen LogP) is 7.12. The van der Waals surface area contributed by atoms with Crippen molar-refractivity contribution in [1.82, 2.24) is 4.90 Å². The van der Waals surface area contributed by atoms with Crippen LogP contribution >= 0.6 is 15.9 Å². The molecule has 1 atom stereocenters. The van der Waals surface area contributed by atoms with E-state index < -0.39 is 0 Å². The van der Waals surface area contributed by atoms with Crippen LogP contribution in [0.3, 0.4) is 0 Å². The normalized spacial score (nSPS) is 16.6. The number of hydrogen-bond donors (Lipinski definition) is 0. The van der Waals surface area contributed by atoms with Crippen molar-refractivity contribution >= 4 is 15.9 Å². The van der Waals surface area contributed by atoms with Crippen LogP contribution in [0.4, 0.5) is 0 Å². The minimum absolute atomic E-state index is 0.420.